The number of nitrogens with zero attached hydrogens (tertiary/aromatic N) is 1. The van der Waals surface area contributed by atoms with Gasteiger partial charge < -0.3 is 5.11 Å². The van der Waals surface area contributed by atoms with E-state index in [1.54, 1.807) is 24.5 Å². The number of hydrogen-bond donors (Lipinski definition) is 1. The second kappa shape index (κ2) is 6.33. The van der Waals surface area contributed by atoms with Gasteiger partial charge in [0.2, 0.25) is 0 Å². The van der Waals surface area contributed by atoms with Crippen molar-refractivity contribution in [2.45, 2.75) is 26.2 Å². The van der Waals surface area contributed by atoms with Gasteiger partial charge in [0.1, 0.15) is 5.92 Å². The fourth-order valence-electron chi connectivity index (χ4n) is 2.35. The minimum absolute atomic E-state index is 0.594. The smallest absolute Gasteiger partial charge is 0.315 e. The molecule has 0 saturated heterocycles. The number of carboxylic acids is 1. The first kappa shape index (κ1) is 14.3. The van der Waals surface area contributed by atoms with Crippen molar-refractivity contribution in [2.75, 3.05) is 0 Å². The number of aromatic nitrogens is 1. The van der Waals surface area contributed by atoms with Gasteiger partial charge in [-0.25, -0.2) is 0 Å². The van der Waals surface area contributed by atoms with Crippen LogP contribution in [-0.4, -0.2) is 16.1 Å². The average Bonchev–Trinajstić information content (AvgIpc) is 2.41. The summed E-state index contributed by atoms with van der Waals surface area (Å²) in [6.45, 7) is 4.34. The van der Waals surface area contributed by atoms with Gasteiger partial charge in [-0.1, -0.05) is 38.1 Å². The molecule has 20 heavy (non-hydrogen) atoms. The summed E-state index contributed by atoms with van der Waals surface area (Å²) >= 11 is 0. The molecule has 0 bridgehead atoms. The van der Waals surface area contributed by atoms with Crippen LogP contribution in [0.15, 0.2) is 48.8 Å². The molecular formula is C17H19NO2. The van der Waals surface area contributed by atoms with Gasteiger partial charge in [-0.3, -0.25) is 9.78 Å². The van der Waals surface area contributed by atoms with Crippen molar-refractivity contribution in [2.24, 2.45) is 5.92 Å². The van der Waals surface area contributed by atoms with Gasteiger partial charge in [-0.05, 0) is 41.2 Å². The number of aliphatic carboxylic acids is 1. The van der Waals surface area contributed by atoms with Crippen LogP contribution in [0.3, 0.4) is 0 Å². The summed E-state index contributed by atoms with van der Waals surface area (Å²) in [6.07, 6.45) is 4.25. The summed E-state index contributed by atoms with van der Waals surface area (Å²) in [5, 5.41) is 9.47. The zero-order chi connectivity index (χ0) is 14.5. The SMILES string of the molecule is CC(C)Cc1ccc(C(C(=O)O)c2ccncc2)cc1. The Kier molecular flexibility index (Phi) is 4.51. The molecule has 1 heterocycles. The standard InChI is InChI=1S/C17H19NO2/c1-12(2)11-13-3-5-14(6-4-13)16(17(19)20)15-7-9-18-10-8-15/h3-10,12,16H,11H2,1-2H3,(H,19,20). The molecular weight excluding hydrogens is 250 g/mol. The van der Waals surface area contributed by atoms with Gasteiger partial charge in [0.05, 0.1) is 0 Å². The quantitative estimate of drug-likeness (QED) is 0.903. The van der Waals surface area contributed by atoms with Gasteiger partial charge in [0.25, 0.3) is 0 Å². The van der Waals surface area contributed by atoms with Crippen LogP contribution < -0.4 is 0 Å². The normalized spacial score (nSPS) is 12.3. The first-order chi connectivity index (χ1) is 9.58. The Morgan fingerprint density at radius 1 is 1.05 bits per heavy atom. The molecule has 0 aliphatic carbocycles. The Morgan fingerprint density at radius 2 is 1.60 bits per heavy atom. The monoisotopic (exact) mass is 269 g/mol. The molecule has 0 spiro atoms. The number of carboxylic acid groups (broad SMARTS) is 1. The van der Waals surface area contributed by atoms with Crippen molar-refractivity contribution in [3.8, 4) is 0 Å². The summed E-state index contributed by atoms with van der Waals surface area (Å²) in [6, 6.07) is 11.4. The van der Waals surface area contributed by atoms with Crippen LogP contribution in [-0.2, 0) is 11.2 Å². The molecule has 0 saturated carbocycles. The van der Waals surface area contributed by atoms with Gasteiger partial charge >= 0.3 is 5.97 Å². The highest BCUT2D eigenvalue weighted by Crippen LogP contribution is 2.25. The third-order valence-electron chi connectivity index (χ3n) is 3.24. The highest BCUT2D eigenvalue weighted by Gasteiger charge is 2.21. The number of benzene rings is 1. The molecule has 1 unspecified atom stereocenters. The Balaban J connectivity index is 2.29. The molecule has 0 aliphatic rings. The van der Waals surface area contributed by atoms with Crippen molar-refractivity contribution < 1.29 is 9.90 Å². The molecule has 2 aromatic rings. The van der Waals surface area contributed by atoms with Crippen molar-refractivity contribution in [3.05, 3.63) is 65.5 Å². The van der Waals surface area contributed by atoms with Crippen molar-refractivity contribution in [3.63, 3.8) is 0 Å². The second-order valence-electron chi connectivity index (χ2n) is 5.39. The second-order valence-corrected chi connectivity index (χ2v) is 5.39. The van der Waals surface area contributed by atoms with E-state index >= 15 is 0 Å². The molecule has 3 nitrogen and oxygen atoms in total. The molecule has 3 heteroatoms. The summed E-state index contributed by atoms with van der Waals surface area (Å²) in [4.78, 5) is 15.5. The first-order valence-electron chi connectivity index (χ1n) is 6.79. The lowest BCUT2D eigenvalue weighted by Gasteiger charge is -2.14. The van der Waals surface area contributed by atoms with E-state index in [0.717, 1.165) is 17.5 Å². The van der Waals surface area contributed by atoms with Crippen molar-refractivity contribution in [1.82, 2.24) is 4.98 Å². The number of pyridine rings is 1. The Labute approximate surface area is 119 Å². The van der Waals surface area contributed by atoms with E-state index < -0.39 is 11.9 Å². The third-order valence-corrected chi connectivity index (χ3v) is 3.24. The first-order valence-corrected chi connectivity index (χ1v) is 6.79. The summed E-state index contributed by atoms with van der Waals surface area (Å²) in [5.41, 5.74) is 2.79. The lowest BCUT2D eigenvalue weighted by atomic mass is 9.90. The Hall–Kier alpha value is -2.16. The molecule has 1 atom stereocenters. The van der Waals surface area contributed by atoms with Gasteiger partial charge in [-0.15, -0.1) is 0 Å². The number of hydrogen-bond acceptors (Lipinski definition) is 2. The predicted molar refractivity (Wildman–Crippen MR) is 78.7 cm³/mol. The summed E-state index contributed by atoms with van der Waals surface area (Å²) in [5.74, 6) is -0.879. The fourth-order valence-corrected chi connectivity index (χ4v) is 2.35. The lowest BCUT2D eigenvalue weighted by Crippen LogP contribution is -2.13. The van der Waals surface area contributed by atoms with Crippen LogP contribution in [0.1, 0.15) is 36.5 Å². The molecule has 0 radical (unpaired) electrons. The fraction of sp³-hybridized carbons (Fsp3) is 0.294. The molecule has 1 aromatic heterocycles. The van der Waals surface area contributed by atoms with Crippen molar-refractivity contribution in [1.29, 1.82) is 0 Å². The number of carbonyl (C=O) groups is 1. The van der Waals surface area contributed by atoms with E-state index in [1.807, 2.05) is 24.3 Å². The van der Waals surface area contributed by atoms with Crippen LogP contribution in [0.5, 0.6) is 0 Å². The maximum Gasteiger partial charge on any atom is 0.315 e. The maximum atomic E-state index is 11.5. The highest BCUT2D eigenvalue weighted by atomic mass is 16.4. The zero-order valence-electron chi connectivity index (χ0n) is 11.8. The van der Waals surface area contributed by atoms with E-state index in [-0.39, 0.29) is 0 Å². The highest BCUT2D eigenvalue weighted by molar-refractivity contribution is 5.80. The van der Waals surface area contributed by atoms with Crippen molar-refractivity contribution >= 4 is 5.97 Å². The number of rotatable bonds is 5. The molecule has 1 N–H and O–H groups in total. The van der Waals surface area contributed by atoms with Crippen LogP contribution >= 0.6 is 0 Å². The summed E-state index contributed by atoms with van der Waals surface area (Å²) < 4.78 is 0. The molecule has 2 rings (SSSR count). The van der Waals surface area contributed by atoms with Gasteiger partial charge in [0, 0.05) is 12.4 Å². The maximum absolute atomic E-state index is 11.5. The van der Waals surface area contributed by atoms with E-state index in [9.17, 15) is 9.90 Å². The molecule has 104 valence electrons. The predicted octanol–water partition coefficient (Wildman–Crippen LogP) is 3.50. The lowest BCUT2D eigenvalue weighted by molar-refractivity contribution is -0.137. The molecule has 0 fully saturated rings. The minimum atomic E-state index is -0.840. The van der Waals surface area contributed by atoms with E-state index in [0.29, 0.717) is 5.92 Å². The Bertz CT molecular complexity index is 561. The van der Waals surface area contributed by atoms with Crippen LogP contribution in [0.25, 0.3) is 0 Å². The Morgan fingerprint density at radius 3 is 2.10 bits per heavy atom. The van der Waals surface area contributed by atoms with E-state index in [2.05, 4.69) is 18.8 Å². The van der Waals surface area contributed by atoms with Gasteiger partial charge in [-0.2, -0.15) is 0 Å². The third kappa shape index (κ3) is 3.44. The van der Waals surface area contributed by atoms with Crippen LogP contribution in [0.2, 0.25) is 0 Å². The van der Waals surface area contributed by atoms with E-state index in [4.69, 9.17) is 0 Å². The topological polar surface area (TPSA) is 50.2 Å². The van der Waals surface area contributed by atoms with Gasteiger partial charge in [0.15, 0.2) is 0 Å². The minimum Gasteiger partial charge on any atom is -0.481 e. The summed E-state index contributed by atoms with van der Waals surface area (Å²) in [7, 11) is 0. The largest absolute Gasteiger partial charge is 0.481 e. The zero-order valence-corrected chi connectivity index (χ0v) is 11.8. The molecule has 1 aromatic carbocycles. The molecule has 0 amide bonds. The van der Waals surface area contributed by atoms with Crippen LogP contribution in [0.4, 0.5) is 0 Å². The average molecular weight is 269 g/mol. The molecule has 0 aliphatic heterocycles. The van der Waals surface area contributed by atoms with Crippen LogP contribution in [0, 0.1) is 5.92 Å². The van der Waals surface area contributed by atoms with E-state index in [1.165, 1.54) is 5.56 Å².